The summed E-state index contributed by atoms with van der Waals surface area (Å²) in [7, 11) is 0. The lowest BCUT2D eigenvalue weighted by atomic mass is 10.0. The Bertz CT molecular complexity index is 3320. The molecule has 4 heterocycles. The number of carbonyl (C=O) groups excluding carboxylic acids is 6. The molecule has 6 amide bonds. The fourth-order valence-corrected chi connectivity index (χ4v) is 10.6. The third kappa shape index (κ3) is 19.2. The highest BCUT2D eigenvalue weighted by atomic mass is 16.4. The van der Waals surface area contributed by atoms with Crippen LogP contribution in [0.2, 0.25) is 0 Å². The first-order valence-corrected chi connectivity index (χ1v) is 29.4. The van der Waals surface area contributed by atoms with Crippen molar-refractivity contribution in [3.8, 4) is 0 Å². The zero-order chi connectivity index (χ0) is 61.7. The maximum Gasteiger partial charge on any atom is 0.326 e. The molecular formula is C61H78N18O8. The number of hydrogen-bond donors (Lipinski definition) is 13. The first-order valence-electron chi connectivity index (χ1n) is 29.4. The van der Waals surface area contributed by atoms with Crippen LogP contribution in [0.15, 0.2) is 114 Å². The Morgan fingerprint density at radius 3 is 1.64 bits per heavy atom. The van der Waals surface area contributed by atoms with Crippen LogP contribution in [0.1, 0.15) is 85.8 Å². The molecule has 87 heavy (non-hydrogen) atoms. The van der Waals surface area contributed by atoms with E-state index in [1.165, 1.54) is 12.5 Å². The summed E-state index contributed by atoms with van der Waals surface area (Å²) in [5, 5.41) is 31.9. The Balaban J connectivity index is 1.06. The van der Waals surface area contributed by atoms with Crippen LogP contribution in [0.5, 0.6) is 0 Å². The van der Waals surface area contributed by atoms with Crippen molar-refractivity contribution in [3.05, 3.63) is 120 Å². The highest BCUT2D eigenvalue weighted by Crippen LogP contribution is 2.36. The summed E-state index contributed by atoms with van der Waals surface area (Å²) in [5.74, 6) is -4.97. The first kappa shape index (κ1) is 63.3. The summed E-state index contributed by atoms with van der Waals surface area (Å²) in [4.78, 5) is 122. The second kappa shape index (κ2) is 31.4. The predicted molar refractivity (Wildman–Crippen MR) is 334 cm³/mol. The van der Waals surface area contributed by atoms with Gasteiger partial charge in [-0.25, -0.2) is 14.8 Å². The van der Waals surface area contributed by atoms with Crippen molar-refractivity contribution in [3.63, 3.8) is 0 Å². The van der Waals surface area contributed by atoms with Gasteiger partial charge in [0.1, 0.15) is 24.2 Å². The van der Waals surface area contributed by atoms with Crippen molar-refractivity contribution < 1.29 is 38.7 Å². The number of carboxylic acid groups (broad SMARTS) is 1. The Labute approximate surface area is 503 Å². The van der Waals surface area contributed by atoms with E-state index in [0.29, 0.717) is 81.7 Å². The minimum atomic E-state index is -1.38. The maximum atomic E-state index is 14.9. The lowest BCUT2D eigenvalue weighted by molar-refractivity contribution is -0.142. The van der Waals surface area contributed by atoms with Crippen molar-refractivity contribution in [2.75, 3.05) is 68.3 Å². The summed E-state index contributed by atoms with van der Waals surface area (Å²) in [6.07, 6.45) is 8.12. The number of anilines is 4. The fraction of sp³-hybridized carbons (Fsp3) is 0.393. The molecule has 460 valence electrons. The van der Waals surface area contributed by atoms with Gasteiger partial charge in [0.2, 0.25) is 29.5 Å². The van der Waals surface area contributed by atoms with Gasteiger partial charge in [-0.05, 0) is 132 Å². The van der Waals surface area contributed by atoms with Crippen LogP contribution in [-0.4, -0.2) is 160 Å². The monoisotopic (exact) mass is 1190 g/mol. The fourth-order valence-electron chi connectivity index (χ4n) is 10.6. The molecule has 0 saturated carbocycles. The number of guanidine groups is 2. The van der Waals surface area contributed by atoms with E-state index >= 15 is 0 Å². The van der Waals surface area contributed by atoms with Gasteiger partial charge in [-0.3, -0.25) is 38.8 Å². The highest BCUT2D eigenvalue weighted by molar-refractivity contribution is 6.12. The van der Waals surface area contributed by atoms with Gasteiger partial charge in [-0.15, -0.1) is 0 Å². The number of fused-ring (bicyclic) bond motifs is 2. The molecule has 0 spiro atoms. The molecule has 2 aromatic heterocycles. The van der Waals surface area contributed by atoms with Crippen LogP contribution < -0.4 is 60.2 Å². The van der Waals surface area contributed by atoms with E-state index in [2.05, 4.69) is 67.0 Å². The first-order chi connectivity index (χ1) is 42.0. The molecule has 4 atom stereocenters. The summed E-state index contributed by atoms with van der Waals surface area (Å²) in [5.41, 5.74) is 26.4. The number of H-pyrrole nitrogens is 1. The van der Waals surface area contributed by atoms with Crippen LogP contribution in [0.3, 0.4) is 0 Å². The number of likely N-dealkylation sites (tertiary alicyclic amines) is 2. The molecule has 4 aromatic carbocycles. The molecule has 17 N–H and O–H groups in total. The Kier molecular flexibility index (Phi) is 22.9. The molecule has 26 nitrogen and oxygen atoms in total. The molecule has 0 unspecified atom stereocenters. The average Bonchev–Trinajstić information content (AvgIpc) is 2.01. The van der Waals surface area contributed by atoms with Crippen LogP contribution >= 0.6 is 0 Å². The number of amides is 6. The number of aromatic amines is 1. The molecular weight excluding hydrogens is 1110 g/mol. The van der Waals surface area contributed by atoms with Crippen LogP contribution in [-0.2, 0) is 41.6 Å². The number of aromatic nitrogens is 3. The third-order valence-corrected chi connectivity index (χ3v) is 15.1. The van der Waals surface area contributed by atoms with Crippen molar-refractivity contribution in [2.24, 2.45) is 32.9 Å². The lowest BCUT2D eigenvalue weighted by Crippen LogP contribution is -2.58. The number of nitrogens with zero attached hydrogens (tertiary/aromatic N) is 6. The van der Waals surface area contributed by atoms with Gasteiger partial charge < -0.3 is 80.0 Å². The summed E-state index contributed by atoms with van der Waals surface area (Å²) >= 11 is 0. The molecule has 0 radical (unpaired) electrons. The van der Waals surface area contributed by atoms with E-state index in [1.807, 2.05) is 18.2 Å². The van der Waals surface area contributed by atoms with Crippen LogP contribution in [0.4, 0.5) is 22.7 Å². The SMILES string of the molecule is NC(N)=NCCC[C@H](NC(=O)[C@H](Cc1cnc[nH]1)NC(=O)[C@H](CCCN=C(N)N)NC(=O)[C@H](Cc1ccccc1)NC(=O)c1ccccc1Nc1c2ccc(NC(=O)CCN3CCCC3)cc2nc2cc(NC(=O)CCN3CCCC3)ccc12)C(=O)O. The molecule has 8 rings (SSSR count). The average molecular weight is 1190 g/mol. The Morgan fingerprint density at radius 1 is 0.598 bits per heavy atom. The maximum absolute atomic E-state index is 14.9. The number of pyridine rings is 1. The van der Waals surface area contributed by atoms with Crippen molar-refractivity contribution in [2.45, 2.75) is 101 Å². The Morgan fingerprint density at radius 2 is 1.10 bits per heavy atom. The van der Waals surface area contributed by atoms with Gasteiger partial charge in [0.05, 0.1) is 34.3 Å². The highest BCUT2D eigenvalue weighted by Gasteiger charge is 2.33. The molecule has 6 aromatic rings. The minimum absolute atomic E-state index is 0.0190. The van der Waals surface area contributed by atoms with E-state index < -0.39 is 53.8 Å². The molecule has 0 aliphatic carbocycles. The molecule has 0 bridgehead atoms. The van der Waals surface area contributed by atoms with Gasteiger partial charge in [-0.2, -0.15) is 0 Å². The van der Waals surface area contributed by atoms with Gasteiger partial charge in [-0.1, -0.05) is 42.5 Å². The standard InChI is InChI=1S/C61H78N18O8/c62-60(63)67-24-10-16-46(56(83)77-51(35-41-36-66-37-69-41)58(85)75-47(59(86)87)17-11-25-68-61(64)65)74-57(84)50(32-38-12-2-1-3-13-38)76-55(82)44-14-4-5-15-45(44)73-54-42-20-18-39(70-52(80)22-30-78-26-6-7-27-78)33-48(42)72-49-34-40(19-21-43(49)54)71-53(81)23-31-79-28-8-9-29-79/h1-5,12-15,18-21,33-34,36-37,46-47,50-51H,6-11,16-17,22-32,35H2,(H,66,69)(H,70,80)(H,71,81)(H,72,73)(H,74,84)(H,75,85)(H,76,82)(H,77,83)(H,86,87)(H4,62,63,67)(H4,64,65,68)/t46-,47-,50-,51-/m0/s1. The number of rotatable bonds is 31. The number of nitrogens with one attached hydrogen (secondary N) is 8. The third-order valence-electron chi connectivity index (χ3n) is 15.1. The van der Waals surface area contributed by atoms with E-state index in [-0.39, 0.29) is 80.9 Å². The molecule has 2 saturated heterocycles. The second-order valence-corrected chi connectivity index (χ2v) is 21.7. The van der Waals surface area contributed by atoms with Gasteiger partial charge in [0.25, 0.3) is 5.91 Å². The number of hydrogen-bond acceptors (Lipinski definition) is 14. The van der Waals surface area contributed by atoms with E-state index in [4.69, 9.17) is 27.9 Å². The van der Waals surface area contributed by atoms with Crippen LogP contribution in [0.25, 0.3) is 21.8 Å². The van der Waals surface area contributed by atoms with Crippen LogP contribution in [0, 0.1) is 0 Å². The minimum Gasteiger partial charge on any atom is -0.480 e. The van der Waals surface area contributed by atoms with Crippen molar-refractivity contribution in [1.82, 2.24) is 46.0 Å². The number of benzene rings is 4. The van der Waals surface area contributed by atoms with Crippen molar-refractivity contribution in [1.29, 1.82) is 0 Å². The molecule has 2 aliphatic rings. The zero-order valence-corrected chi connectivity index (χ0v) is 48.6. The quantitative estimate of drug-likeness (QED) is 0.0129. The number of para-hydroxylation sites is 1. The number of imidazole rings is 1. The summed E-state index contributed by atoms with van der Waals surface area (Å²) in [6, 6.07) is 21.2. The van der Waals surface area contributed by atoms with E-state index in [9.17, 15) is 38.7 Å². The molecule has 2 fully saturated rings. The summed E-state index contributed by atoms with van der Waals surface area (Å²) in [6.45, 7) is 5.40. The number of carboxylic acids is 1. The molecule has 2 aliphatic heterocycles. The van der Waals surface area contributed by atoms with E-state index in [0.717, 1.165) is 51.9 Å². The number of carbonyl (C=O) groups is 7. The topological polar surface area (TPSA) is 401 Å². The van der Waals surface area contributed by atoms with Gasteiger partial charge in [0.15, 0.2) is 11.9 Å². The van der Waals surface area contributed by atoms with Gasteiger partial charge in [0, 0.05) is 85.9 Å². The number of aliphatic imine (C=N–C) groups is 2. The second-order valence-electron chi connectivity index (χ2n) is 21.7. The summed E-state index contributed by atoms with van der Waals surface area (Å²) < 4.78 is 0. The smallest absolute Gasteiger partial charge is 0.326 e. The Hall–Kier alpha value is -9.69. The molecule has 26 heteroatoms. The van der Waals surface area contributed by atoms with E-state index in [1.54, 1.807) is 72.8 Å². The van der Waals surface area contributed by atoms with Crippen molar-refractivity contribution >= 4 is 97.9 Å². The van der Waals surface area contributed by atoms with Gasteiger partial charge >= 0.3 is 5.97 Å². The zero-order valence-electron chi connectivity index (χ0n) is 48.6. The number of aliphatic carboxylic acids is 1. The number of nitrogens with two attached hydrogens (primary N) is 4. The normalized spacial score (nSPS) is 14.7. The largest absolute Gasteiger partial charge is 0.480 e. The predicted octanol–water partition coefficient (Wildman–Crippen LogP) is 2.93. The lowest BCUT2D eigenvalue weighted by Gasteiger charge is -2.26.